The van der Waals surface area contributed by atoms with Gasteiger partial charge in [-0.05, 0) is 41.6 Å². The van der Waals surface area contributed by atoms with Crippen molar-refractivity contribution in [2.45, 2.75) is 18.2 Å². The number of carbonyl (C=O) groups is 1. The van der Waals surface area contributed by atoms with Crippen molar-refractivity contribution >= 4 is 43.9 Å². The second kappa shape index (κ2) is 9.60. The maximum atomic E-state index is 13.5. The summed E-state index contributed by atoms with van der Waals surface area (Å²) in [4.78, 5) is 12.9. The van der Waals surface area contributed by atoms with Gasteiger partial charge in [0.25, 0.3) is 10.0 Å². The standard InChI is InChI=1S/C27H26N4O3S/c1-18-10-15-22(17-24(18)30-26(32)16-19-11-13-21(14-12-19)27(28)29)31(2)35(33,34)25-9-5-7-20-6-3-4-8-23(20)25/h3-15,17H,16H2,1-2H3,(H3,28,29)(H,30,32). The number of benzene rings is 4. The van der Waals surface area contributed by atoms with Crippen molar-refractivity contribution in [3.63, 3.8) is 0 Å². The van der Waals surface area contributed by atoms with E-state index in [0.29, 0.717) is 22.3 Å². The summed E-state index contributed by atoms with van der Waals surface area (Å²) in [6.07, 6.45) is 0.131. The van der Waals surface area contributed by atoms with Gasteiger partial charge < -0.3 is 11.1 Å². The van der Waals surface area contributed by atoms with Crippen LogP contribution in [-0.2, 0) is 21.2 Å². The Labute approximate surface area is 204 Å². The van der Waals surface area contributed by atoms with E-state index in [-0.39, 0.29) is 23.1 Å². The average molecular weight is 487 g/mol. The molecule has 0 unspecified atom stereocenters. The number of nitrogens with two attached hydrogens (primary N) is 1. The van der Waals surface area contributed by atoms with E-state index in [9.17, 15) is 13.2 Å². The number of nitrogens with one attached hydrogen (secondary N) is 2. The number of nitrogens with zero attached hydrogens (tertiary/aromatic N) is 1. The molecular weight excluding hydrogens is 460 g/mol. The summed E-state index contributed by atoms with van der Waals surface area (Å²) in [7, 11) is -2.34. The second-order valence-corrected chi connectivity index (χ2v) is 10.2. The second-order valence-electron chi connectivity index (χ2n) is 8.28. The fourth-order valence-corrected chi connectivity index (χ4v) is 5.23. The van der Waals surface area contributed by atoms with Crippen molar-refractivity contribution in [3.05, 3.63) is 102 Å². The number of anilines is 2. The summed E-state index contributed by atoms with van der Waals surface area (Å²) in [5, 5.41) is 11.8. The van der Waals surface area contributed by atoms with Gasteiger partial charge in [-0.1, -0.05) is 66.7 Å². The lowest BCUT2D eigenvalue weighted by atomic mass is 10.1. The molecule has 0 spiro atoms. The Morgan fingerprint density at radius 3 is 2.37 bits per heavy atom. The molecule has 7 nitrogen and oxygen atoms in total. The number of fused-ring (bicyclic) bond motifs is 1. The maximum absolute atomic E-state index is 13.5. The zero-order valence-electron chi connectivity index (χ0n) is 19.4. The molecule has 0 heterocycles. The molecule has 4 aromatic rings. The number of amidine groups is 1. The molecule has 0 aliphatic rings. The highest BCUT2D eigenvalue weighted by Crippen LogP contribution is 2.30. The van der Waals surface area contributed by atoms with Gasteiger partial charge in [0.15, 0.2) is 0 Å². The molecule has 4 aromatic carbocycles. The average Bonchev–Trinajstić information content (AvgIpc) is 2.84. The molecule has 0 bridgehead atoms. The molecule has 8 heteroatoms. The van der Waals surface area contributed by atoms with E-state index in [2.05, 4.69) is 5.32 Å². The van der Waals surface area contributed by atoms with E-state index < -0.39 is 10.0 Å². The van der Waals surface area contributed by atoms with Crippen LogP contribution in [0.25, 0.3) is 10.8 Å². The van der Waals surface area contributed by atoms with Crippen LogP contribution in [0.2, 0.25) is 0 Å². The molecule has 4 rings (SSSR count). The molecular formula is C27H26N4O3S. The van der Waals surface area contributed by atoms with Gasteiger partial charge in [-0.15, -0.1) is 0 Å². The minimum atomic E-state index is -3.84. The number of amides is 1. The van der Waals surface area contributed by atoms with Crippen LogP contribution in [0.3, 0.4) is 0 Å². The zero-order valence-corrected chi connectivity index (χ0v) is 20.3. The molecule has 0 aliphatic heterocycles. The van der Waals surface area contributed by atoms with E-state index >= 15 is 0 Å². The third-order valence-corrected chi connectivity index (χ3v) is 7.72. The molecule has 0 aliphatic carbocycles. The number of sulfonamides is 1. The predicted octanol–water partition coefficient (Wildman–Crippen LogP) is 4.44. The number of nitrogen functional groups attached to an aromatic ring is 1. The summed E-state index contributed by atoms with van der Waals surface area (Å²) in [5.74, 6) is -0.267. The van der Waals surface area contributed by atoms with Crippen LogP contribution < -0.4 is 15.4 Å². The van der Waals surface area contributed by atoms with Gasteiger partial charge in [0.2, 0.25) is 5.91 Å². The van der Waals surface area contributed by atoms with Crippen LogP contribution in [-0.4, -0.2) is 27.2 Å². The summed E-state index contributed by atoms with van der Waals surface area (Å²) in [6.45, 7) is 1.85. The molecule has 0 radical (unpaired) electrons. The van der Waals surface area contributed by atoms with Crippen molar-refractivity contribution in [1.82, 2.24) is 0 Å². The molecule has 0 aromatic heterocycles. The zero-order chi connectivity index (χ0) is 25.2. The fraction of sp³-hybridized carbons (Fsp3) is 0.111. The first-order chi connectivity index (χ1) is 16.7. The summed E-state index contributed by atoms with van der Waals surface area (Å²) in [5.41, 5.74) is 8.62. The van der Waals surface area contributed by atoms with Crippen LogP contribution in [0.15, 0.2) is 89.8 Å². The number of hydrogen-bond donors (Lipinski definition) is 3. The van der Waals surface area contributed by atoms with Crippen LogP contribution >= 0.6 is 0 Å². The molecule has 35 heavy (non-hydrogen) atoms. The van der Waals surface area contributed by atoms with E-state index in [4.69, 9.17) is 11.1 Å². The normalized spacial score (nSPS) is 11.3. The number of carbonyl (C=O) groups excluding carboxylic acids is 1. The number of hydrogen-bond acceptors (Lipinski definition) is 4. The number of rotatable bonds is 7. The Hall–Kier alpha value is -4.17. The lowest BCUT2D eigenvalue weighted by Gasteiger charge is -2.22. The van der Waals surface area contributed by atoms with Gasteiger partial charge in [0, 0.05) is 23.7 Å². The molecule has 1 amide bonds. The van der Waals surface area contributed by atoms with E-state index in [1.807, 2.05) is 31.2 Å². The van der Waals surface area contributed by atoms with Gasteiger partial charge in [0.1, 0.15) is 5.84 Å². The highest BCUT2D eigenvalue weighted by molar-refractivity contribution is 7.93. The van der Waals surface area contributed by atoms with Crippen LogP contribution in [0.5, 0.6) is 0 Å². The highest BCUT2D eigenvalue weighted by atomic mass is 32.2. The largest absolute Gasteiger partial charge is 0.384 e. The molecule has 0 atom stereocenters. The van der Waals surface area contributed by atoms with E-state index in [1.165, 1.54) is 11.4 Å². The van der Waals surface area contributed by atoms with Crippen LogP contribution in [0.4, 0.5) is 11.4 Å². The highest BCUT2D eigenvalue weighted by Gasteiger charge is 2.24. The topological polar surface area (TPSA) is 116 Å². The molecule has 0 fully saturated rings. The minimum absolute atomic E-state index is 0.0315. The Morgan fingerprint density at radius 1 is 0.971 bits per heavy atom. The van der Waals surface area contributed by atoms with Gasteiger partial charge in [-0.3, -0.25) is 14.5 Å². The lowest BCUT2D eigenvalue weighted by Crippen LogP contribution is -2.27. The Kier molecular flexibility index (Phi) is 6.57. The quantitative estimate of drug-likeness (QED) is 0.264. The third kappa shape index (κ3) is 5.02. The van der Waals surface area contributed by atoms with Gasteiger partial charge >= 0.3 is 0 Å². The van der Waals surface area contributed by atoms with Crippen molar-refractivity contribution in [2.75, 3.05) is 16.7 Å². The Balaban J connectivity index is 1.57. The van der Waals surface area contributed by atoms with Gasteiger partial charge in [-0.25, -0.2) is 8.42 Å². The molecule has 0 saturated carbocycles. The summed E-state index contributed by atoms with van der Waals surface area (Å²) < 4.78 is 28.2. The van der Waals surface area contributed by atoms with Gasteiger partial charge in [0.05, 0.1) is 17.0 Å². The van der Waals surface area contributed by atoms with Crippen LogP contribution in [0.1, 0.15) is 16.7 Å². The first-order valence-corrected chi connectivity index (χ1v) is 12.4. The van der Waals surface area contributed by atoms with Crippen molar-refractivity contribution in [3.8, 4) is 0 Å². The Morgan fingerprint density at radius 2 is 1.66 bits per heavy atom. The Bertz CT molecular complexity index is 1520. The SMILES string of the molecule is Cc1ccc(N(C)S(=O)(=O)c2cccc3ccccc23)cc1NC(=O)Cc1ccc(C(=N)N)cc1. The monoisotopic (exact) mass is 486 g/mol. The fourth-order valence-electron chi connectivity index (χ4n) is 3.83. The summed E-state index contributed by atoms with van der Waals surface area (Å²) >= 11 is 0. The predicted molar refractivity (Wildman–Crippen MR) is 141 cm³/mol. The van der Waals surface area contributed by atoms with E-state index in [0.717, 1.165) is 16.5 Å². The summed E-state index contributed by atoms with van der Waals surface area (Å²) in [6, 6.07) is 24.6. The van der Waals surface area contributed by atoms with Crippen molar-refractivity contribution < 1.29 is 13.2 Å². The molecule has 178 valence electrons. The molecule has 0 saturated heterocycles. The molecule has 4 N–H and O–H groups in total. The first-order valence-electron chi connectivity index (χ1n) is 11.0. The smallest absolute Gasteiger partial charge is 0.264 e. The van der Waals surface area contributed by atoms with E-state index in [1.54, 1.807) is 60.7 Å². The van der Waals surface area contributed by atoms with Crippen molar-refractivity contribution in [1.29, 1.82) is 5.41 Å². The van der Waals surface area contributed by atoms with Gasteiger partial charge in [-0.2, -0.15) is 0 Å². The number of aryl methyl sites for hydroxylation is 1. The third-order valence-electron chi connectivity index (χ3n) is 5.88. The minimum Gasteiger partial charge on any atom is -0.384 e. The van der Waals surface area contributed by atoms with Crippen molar-refractivity contribution in [2.24, 2.45) is 5.73 Å². The van der Waals surface area contributed by atoms with Crippen LogP contribution in [0, 0.1) is 12.3 Å². The first kappa shape index (κ1) is 24.0. The maximum Gasteiger partial charge on any atom is 0.264 e. The lowest BCUT2D eigenvalue weighted by molar-refractivity contribution is -0.115.